The second-order valence-electron chi connectivity index (χ2n) is 7.62. The molecule has 27 heavy (non-hydrogen) atoms. The Labute approximate surface area is 160 Å². The first-order valence-electron chi connectivity index (χ1n) is 9.73. The maximum absolute atomic E-state index is 4.79. The van der Waals surface area contributed by atoms with Crippen molar-refractivity contribution in [3.05, 3.63) is 77.1 Å². The molecule has 0 fully saturated rings. The molecule has 0 spiro atoms. The first kappa shape index (κ1) is 16.3. The van der Waals surface area contributed by atoms with Crippen LogP contribution in [0, 0.1) is 6.92 Å². The first-order chi connectivity index (χ1) is 13.2. The maximum Gasteiger partial charge on any atom is 0.139 e. The number of aromatic nitrogens is 2. The quantitative estimate of drug-likeness (QED) is 0.680. The van der Waals surface area contributed by atoms with Crippen molar-refractivity contribution in [3.63, 3.8) is 0 Å². The number of nitrogens with zero attached hydrogens (tertiary/aromatic N) is 4. The fraction of sp³-hybridized carbons (Fsp3) is 0.304. The van der Waals surface area contributed by atoms with E-state index in [4.69, 9.17) is 9.97 Å². The van der Waals surface area contributed by atoms with E-state index in [0.29, 0.717) is 6.04 Å². The molecule has 0 saturated heterocycles. The van der Waals surface area contributed by atoms with Gasteiger partial charge in [-0.15, -0.1) is 0 Å². The van der Waals surface area contributed by atoms with Crippen LogP contribution in [-0.4, -0.2) is 22.6 Å². The highest BCUT2D eigenvalue weighted by Crippen LogP contribution is 2.38. The lowest BCUT2D eigenvalue weighted by atomic mass is 10.00. The van der Waals surface area contributed by atoms with Crippen molar-refractivity contribution < 1.29 is 0 Å². The summed E-state index contributed by atoms with van der Waals surface area (Å²) in [7, 11) is 0. The van der Waals surface area contributed by atoms with Crippen molar-refractivity contribution in [2.45, 2.75) is 39.3 Å². The number of hydrogen-bond donors (Lipinski definition) is 0. The van der Waals surface area contributed by atoms with E-state index in [1.165, 1.54) is 22.4 Å². The zero-order valence-corrected chi connectivity index (χ0v) is 15.9. The average molecular weight is 356 g/mol. The van der Waals surface area contributed by atoms with Gasteiger partial charge in [0, 0.05) is 30.9 Å². The summed E-state index contributed by atoms with van der Waals surface area (Å²) >= 11 is 0. The van der Waals surface area contributed by atoms with Gasteiger partial charge in [-0.1, -0.05) is 42.5 Å². The molecule has 1 atom stereocenters. The molecule has 4 nitrogen and oxygen atoms in total. The lowest BCUT2D eigenvalue weighted by molar-refractivity contribution is 0.711. The highest BCUT2D eigenvalue weighted by Gasteiger charge is 2.29. The van der Waals surface area contributed by atoms with Gasteiger partial charge in [0.05, 0.1) is 0 Å². The highest BCUT2D eigenvalue weighted by molar-refractivity contribution is 5.70. The Bertz CT molecular complexity index is 997. The van der Waals surface area contributed by atoms with Crippen LogP contribution >= 0.6 is 0 Å². The molecule has 3 heterocycles. The van der Waals surface area contributed by atoms with Crippen LogP contribution in [0.3, 0.4) is 0 Å². The molecule has 1 unspecified atom stereocenters. The van der Waals surface area contributed by atoms with Crippen LogP contribution < -0.4 is 9.80 Å². The average Bonchev–Trinajstić information content (AvgIpc) is 3.03. The second kappa shape index (κ2) is 6.38. The third-order valence-corrected chi connectivity index (χ3v) is 5.72. The normalized spacial score (nSPS) is 18.4. The second-order valence-corrected chi connectivity index (χ2v) is 7.62. The van der Waals surface area contributed by atoms with E-state index in [9.17, 15) is 0 Å². The number of fused-ring (bicyclic) bond motifs is 2. The Morgan fingerprint density at radius 2 is 1.59 bits per heavy atom. The maximum atomic E-state index is 4.79. The number of para-hydroxylation sites is 1. The molecule has 0 saturated carbocycles. The smallest absolute Gasteiger partial charge is 0.139 e. The summed E-state index contributed by atoms with van der Waals surface area (Å²) < 4.78 is 0. The fourth-order valence-electron chi connectivity index (χ4n) is 4.43. The molecule has 0 N–H and O–H groups in total. The summed E-state index contributed by atoms with van der Waals surface area (Å²) in [6.45, 7) is 6.18. The minimum atomic E-state index is 0.409. The molecular weight excluding hydrogens is 332 g/mol. The first-order valence-corrected chi connectivity index (χ1v) is 9.73. The standard InChI is InChI=1S/C23H24N4/c1-16-13-19-8-5-6-10-21(19)27(16)23-14-22(24-17(2)25-23)26-12-11-18-7-3-4-9-20(18)15-26/h3-10,14,16H,11-13,15H2,1-2H3. The lowest BCUT2D eigenvalue weighted by Gasteiger charge is -2.31. The number of hydrogen-bond acceptors (Lipinski definition) is 4. The van der Waals surface area contributed by atoms with Gasteiger partial charge >= 0.3 is 0 Å². The van der Waals surface area contributed by atoms with Crippen LogP contribution in [0.5, 0.6) is 0 Å². The van der Waals surface area contributed by atoms with E-state index in [2.05, 4.69) is 71.3 Å². The van der Waals surface area contributed by atoms with Crippen LogP contribution in [0.4, 0.5) is 17.3 Å². The summed E-state index contributed by atoms with van der Waals surface area (Å²) in [5, 5.41) is 0. The summed E-state index contributed by atoms with van der Waals surface area (Å²) in [6, 6.07) is 20.0. The Morgan fingerprint density at radius 3 is 2.44 bits per heavy atom. The number of anilines is 3. The van der Waals surface area contributed by atoms with Crippen LogP contribution in [-0.2, 0) is 19.4 Å². The van der Waals surface area contributed by atoms with E-state index in [0.717, 1.165) is 43.4 Å². The van der Waals surface area contributed by atoms with Crippen LogP contribution in [0.15, 0.2) is 54.6 Å². The summed E-state index contributed by atoms with van der Waals surface area (Å²) in [4.78, 5) is 14.3. The summed E-state index contributed by atoms with van der Waals surface area (Å²) in [5.41, 5.74) is 5.54. The van der Waals surface area contributed by atoms with Crippen molar-refractivity contribution >= 4 is 17.3 Å². The minimum Gasteiger partial charge on any atom is -0.352 e. The van der Waals surface area contributed by atoms with Crippen molar-refractivity contribution in [1.82, 2.24) is 9.97 Å². The Hall–Kier alpha value is -2.88. The molecule has 0 bridgehead atoms. The predicted octanol–water partition coefficient (Wildman–Crippen LogP) is 4.43. The Kier molecular flexibility index (Phi) is 3.85. The molecular formula is C23H24N4. The van der Waals surface area contributed by atoms with Gasteiger partial charge < -0.3 is 9.80 Å². The van der Waals surface area contributed by atoms with Gasteiger partial charge in [-0.05, 0) is 49.4 Å². The SMILES string of the molecule is Cc1nc(N2CCc3ccccc3C2)cc(N2c3ccccc3CC2C)n1. The number of benzene rings is 2. The van der Waals surface area contributed by atoms with Gasteiger partial charge in [0.25, 0.3) is 0 Å². The van der Waals surface area contributed by atoms with E-state index >= 15 is 0 Å². The molecule has 3 aromatic rings. The predicted molar refractivity (Wildman–Crippen MR) is 110 cm³/mol. The van der Waals surface area contributed by atoms with Crippen molar-refractivity contribution in [2.75, 3.05) is 16.3 Å². The molecule has 2 aliphatic rings. The van der Waals surface area contributed by atoms with Gasteiger partial charge in [-0.25, -0.2) is 9.97 Å². The van der Waals surface area contributed by atoms with Gasteiger partial charge in [0.2, 0.25) is 0 Å². The van der Waals surface area contributed by atoms with E-state index in [1.807, 2.05) is 6.92 Å². The Morgan fingerprint density at radius 1 is 0.889 bits per heavy atom. The van der Waals surface area contributed by atoms with Crippen molar-refractivity contribution in [2.24, 2.45) is 0 Å². The summed E-state index contributed by atoms with van der Waals surface area (Å²) in [6.07, 6.45) is 2.13. The third kappa shape index (κ3) is 2.85. The van der Waals surface area contributed by atoms with Gasteiger partial charge in [-0.3, -0.25) is 0 Å². The molecule has 5 rings (SSSR count). The molecule has 1 aromatic heterocycles. The monoisotopic (exact) mass is 356 g/mol. The zero-order valence-electron chi connectivity index (χ0n) is 15.9. The zero-order chi connectivity index (χ0) is 18.4. The van der Waals surface area contributed by atoms with Gasteiger partial charge in [0.15, 0.2) is 0 Å². The molecule has 2 aromatic carbocycles. The Balaban J connectivity index is 1.51. The number of aryl methyl sites for hydroxylation is 1. The third-order valence-electron chi connectivity index (χ3n) is 5.72. The topological polar surface area (TPSA) is 32.3 Å². The minimum absolute atomic E-state index is 0.409. The van der Waals surface area contributed by atoms with E-state index in [-0.39, 0.29) is 0 Å². The highest BCUT2D eigenvalue weighted by atomic mass is 15.3. The van der Waals surface area contributed by atoms with Crippen molar-refractivity contribution in [1.29, 1.82) is 0 Å². The number of rotatable bonds is 2. The van der Waals surface area contributed by atoms with Crippen LogP contribution in [0.25, 0.3) is 0 Å². The molecule has 4 heteroatoms. The summed E-state index contributed by atoms with van der Waals surface area (Å²) in [5.74, 6) is 2.87. The van der Waals surface area contributed by atoms with Gasteiger partial charge in [-0.2, -0.15) is 0 Å². The van der Waals surface area contributed by atoms with Crippen LogP contribution in [0.2, 0.25) is 0 Å². The van der Waals surface area contributed by atoms with E-state index < -0.39 is 0 Å². The molecule has 2 aliphatic heterocycles. The van der Waals surface area contributed by atoms with Crippen molar-refractivity contribution in [3.8, 4) is 0 Å². The molecule has 0 radical (unpaired) electrons. The largest absolute Gasteiger partial charge is 0.352 e. The molecule has 0 amide bonds. The molecule has 136 valence electrons. The lowest BCUT2D eigenvalue weighted by Crippen LogP contribution is -2.32. The van der Waals surface area contributed by atoms with Crippen LogP contribution in [0.1, 0.15) is 29.4 Å². The fourth-order valence-corrected chi connectivity index (χ4v) is 4.43. The van der Waals surface area contributed by atoms with E-state index in [1.54, 1.807) is 0 Å². The molecule has 0 aliphatic carbocycles. The van der Waals surface area contributed by atoms with Gasteiger partial charge in [0.1, 0.15) is 17.5 Å².